The zero-order valence-electron chi connectivity index (χ0n) is 11.3. The highest BCUT2D eigenvalue weighted by Crippen LogP contribution is 2.23. The van der Waals surface area contributed by atoms with E-state index in [9.17, 15) is 4.79 Å². The third-order valence-corrected chi connectivity index (χ3v) is 4.89. The minimum atomic E-state index is -0.131. The van der Waals surface area contributed by atoms with Gasteiger partial charge in [0.15, 0.2) is 0 Å². The Kier molecular flexibility index (Phi) is 4.52. The molecule has 1 aliphatic heterocycles. The first kappa shape index (κ1) is 14.5. The second kappa shape index (κ2) is 6.55. The molecule has 1 fully saturated rings. The zero-order chi connectivity index (χ0) is 14.7. The van der Waals surface area contributed by atoms with Crippen LogP contribution in [-0.4, -0.2) is 37.1 Å². The van der Waals surface area contributed by atoms with Gasteiger partial charge in [0.1, 0.15) is 5.82 Å². The van der Waals surface area contributed by atoms with E-state index in [-0.39, 0.29) is 5.91 Å². The second-order valence-corrected chi connectivity index (χ2v) is 7.16. The highest BCUT2D eigenvalue weighted by Gasteiger charge is 2.12. The highest BCUT2D eigenvalue weighted by atomic mass is 79.9. The van der Waals surface area contributed by atoms with E-state index in [1.54, 1.807) is 6.07 Å². The van der Waals surface area contributed by atoms with Gasteiger partial charge in [0.25, 0.3) is 5.91 Å². The first-order chi connectivity index (χ1) is 10.2. The minimum Gasteiger partial charge on any atom is -0.368 e. The number of aromatic nitrogens is 1. The largest absolute Gasteiger partial charge is 0.368 e. The molecular formula is C14H15BrN4OS. The average molecular weight is 367 g/mol. The van der Waals surface area contributed by atoms with E-state index < -0.39 is 0 Å². The molecule has 0 aromatic carbocycles. The molecule has 3 heterocycles. The van der Waals surface area contributed by atoms with Gasteiger partial charge >= 0.3 is 0 Å². The highest BCUT2D eigenvalue weighted by molar-refractivity contribution is 9.11. The molecule has 1 aliphatic rings. The molecule has 0 saturated carbocycles. The molecule has 2 aromatic heterocycles. The van der Waals surface area contributed by atoms with Gasteiger partial charge in [0, 0.05) is 26.2 Å². The van der Waals surface area contributed by atoms with Crippen LogP contribution in [0.4, 0.5) is 11.5 Å². The Morgan fingerprint density at radius 3 is 2.71 bits per heavy atom. The Morgan fingerprint density at radius 1 is 1.29 bits per heavy atom. The number of hydrogen-bond donors (Lipinski definition) is 2. The molecule has 0 spiro atoms. The number of amides is 1. The van der Waals surface area contributed by atoms with Crippen LogP contribution in [0.15, 0.2) is 34.2 Å². The van der Waals surface area contributed by atoms with Gasteiger partial charge in [-0.2, -0.15) is 0 Å². The summed E-state index contributed by atoms with van der Waals surface area (Å²) in [5.41, 5.74) is 1.09. The molecule has 110 valence electrons. The first-order valence-electron chi connectivity index (χ1n) is 6.71. The fourth-order valence-electron chi connectivity index (χ4n) is 2.18. The van der Waals surface area contributed by atoms with Crippen LogP contribution in [0.2, 0.25) is 0 Å². The number of carbonyl (C=O) groups excluding carboxylic acids is 1. The van der Waals surface area contributed by atoms with Crippen LogP contribution in [0.3, 0.4) is 0 Å². The van der Waals surface area contributed by atoms with Crippen LogP contribution in [0.1, 0.15) is 9.67 Å². The fourth-order valence-corrected chi connectivity index (χ4v) is 3.47. The summed E-state index contributed by atoms with van der Waals surface area (Å²) >= 11 is 4.75. The maximum atomic E-state index is 12.0. The van der Waals surface area contributed by atoms with E-state index in [0.717, 1.165) is 35.7 Å². The van der Waals surface area contributed by atoms with Gasteiger partial charge < -0.3 is 15.5 Å². The van der Waals surface area contributed by atoms with Crippen molar-refractivity contribution >= 4 is 44.7 Å². The standard InChI is InChI=1S/C14H15BrN4OS/c15-12-3-2-11(21-12)14(20)18-13-4-1-10(9-17-13)19-7-5-16-6-8-19/h1-4,9,16H,5-8H2,(H,17,18,20). The molecule has 5 nitrogen and oxygen atoms in total. The van der Waals surface area contributed by atoms with Crippen LogP contribution in [0.25, 0.3) is 0 Å². The van der Waals surface area contributed by atoms with Crippen molar-refractivity contribution in [1.29, 1.82) is 0 Å². The maximum absolute atomic E-state index is 12.0. The Morgan fingerprint density at radius 2 is 2.10 bits per heavy atom. The van der Waals surface area contributed by atoms with E-state index in [1.165, 1.54) is 11.3 Å². The van der Waals surface area contributed by atoms with Gasteiger partial charge in [-0.3, -0.25) is 4.79 Å². The van der Waals surface area contributed by atoms with Crippen molar-refractivity contribution in [3.8, 4) is 0 Å². The number of hydrogen-bond acceptors (Lipinski definition) is 5. The van der Waals surface area contributed by atoms with E-state index in [1.807, 2.05) is 24.4 Å². The van der Waals surface area contributed by atoms with Crippen LogP contribution >= 0.6 is 27.3 Å². The lowest BCUT2D eigenvalue weighted by molar-refractivity contribution is 0.103. The lowest BCUT2D eigenvalue weighted by Gasteiger charge is -2.29. The van der Waals surface area contributed by atoms with Gasteiger partial charge in [-0.1, -0.05) is 0 Å². The summed E-state index contributed by atoms with van der Waals surface area (Å²) < 4.78 is 0.940. The number of thiophene rings is 1. The number of nitrogens with zero attached hydrogens (tertiary/aromatic N) is 2. The number of rotatable bonds is 3. The lowest BCUT2D eigenvalue weighted by Crippen LogP contribution is -2.43. The van der Waals surface area contributed by atoms with E-state index in [2.05, 4.69) is 36.4 Å². The maximum Gasteiger partial charge on any atom is 0.266 e. The molecule has 0 aliphatic carbocycles. The van der Waals surface area contributed by atoms with E-state index in [0.29, 0.717) is 10.7 Å². The van der Waals surface area contributed by atoms with Crippen molar-refractivity contribution in [2.45, 2.75) is 0 Å². The number of halogens is 1. The molecule has 1 saturated heterocycles. The summed E-state index contributed by atoms with van der Waals surface area (Å²) in [6.45, 7) is 3.95. The second-order valence-electron chi connectivity index (χ2n) is 4.70. The molecule has 0 atom stereocenters. The quantitative estimate of drug-likeness (QED) is 0.876. The molecule has 7 heteroatoms. The summed E-state index contributed by atoms with van der Waals surface area (Å²) in [6.07, 6.45) is 1.81. The smallest absolute Gasteiger partial charge is 0.266 e. The third kappa shape index (κ3) is 3.61. The van der Waals surface area contributed by atoms with E-state index >= 15 is 0 Å². The summed E-state index contributed by atoms with van der Waals surface area (Å²) in [7, 11) is 0. The summed E-state index contributed by atoms with van der Waals surface area (Å²) in [6, 6.07) is 7.50. The third-order valence-electron chi connectivity index (χ3n) is 3.27. The number of pyridine rings is 1. The van der Waals surface area contributed by atoms with Crippen LogP contribution in [0.5, 0.6) is 0 Å². The van der Waals surface area contributed by atoms with Crippen LogP contribution in [0, 0.1) is 0 Å². The molecule has 2 aromatic rings. The molecule has 3 rings (SSSR count). The normalized spacial score (nSPS) is 15.0. The average Bonchev–Trinajstić information content (AvgIpc) is 2.96. The van der Waals surface area contributed by atoms with Crippen molar-refractivity contribution in [2.75, 3.05) is 36.4 Å². The van der Waals surface area contributed by atoms with Gasteiger partial charge in [-0.25, -0.2) is 4.98 Å². The topological polar surface area (TPSA) is 57.3 Å². The van der Waals surface area contributed by atoms with Crippen LogP contribution < -0.4 is 15.5 Å². The van der Waals surface area contributed by atoms with Gasteiger partial charge in [-0.05, 0) is 40.2 Å². The van der Waals surface area contributed by atoms with Gasteiger partial charge in [0.05, 0.1) is 20.5 Å². The lowest BCUT2D eigenvalue weighted by atomic mass is 10.3. The molecule has 0 bridgehead atoms. The predicted molar refractivity (Wildman–Crippen MR) is 89.3 cm³/mol. The first-order valence-corrected chi connectivity index (χ1v) is 8.32. The Balaban J connectivity index is 1.65. The fraction of sp³-hybridized carbons (Fsp3) is 0.286. The van der Waals surface area contributed by atoms with E-state index in [4.69, 9.17) is 0 Å². The monoisotopic (exact) mass is 366 g/mol. The number of nitrogens with one attached hydrogen (secondary N) is 2. The SMILES string of the molecule is O=C(Nc1ccc(N2CCNCC2)cn1)c1ccc(Br)s1. The molecule has 0 unspecified atom stereocenters. The summed E-state index contributed by atoms with van der Waals surface area (Å²) in [5, 5.41) is 6.13. The number of carbonyl (C=O) groups is 1. The van der Waals surface area contributed by atoms with Gasteiger partial charge in [-0.15, -0.1) is 11.3 Å². The number of piperazine rings is 1. The van der Waals surface area contributed by atoms with Crippen molar-refractivity contribution < 1.29 is 4.79 Å². The van der Waals surface area contributed by atoms with Crippen molar-refractivity contribution in [1.82, 2.24) is 10.3 Å². The summed E-state index contributed by atoms with van der Waals surface area (Å²) in [4.78, 5) is 19.3. The van der Waals surface area contributed by atoms with Crippen molar-refractivity contribution in [2.24, 2.45) is 0 Å². The Hall–Kier alpha value is -1.44. The Bertz CT molecular complexity index is 622. The zero-order valence-corrected chi connectivity index (χ0v) is 13.7. The Labute approximate surface area is 135 Å². The summed E-state index contributed by atoms with van der Waals surface area (Å²) in [5.74, 6) is 0.441. The van der Waals surface area contributed by atoms with Crippen molar-refractivity contribution in [3.05, 3.63) is 39.1 Å². The molecule has 0 radical (unpaired) electrons. The predicted octanol–water partition coefficient (Wildman–Crippen LogP) is 2.57. The number of anilines is 2. The molecule has 1 amide bonds. The molecule has 21 heavy (non-hydrogen) atoms. The molecular weight excluding hydrogens is 352 g/mol. The van der Waals surface area contributed by atoms with Gasteiger partial charge in [0.2, 0.25) is 0 Å². The van der Waals surface area contributed by atoms with Crippen LogP contribution in [-0.2, 0) is 0 Å². The van der Waals surface area contributed by atoms with Crippen molar-refractivity contribution in [3.63, 3.8) is 0 Å². The minimum absolute atomic E-state index is 0.131. The molecule has 2 N–H and O–H groups in total.